The zero-order chi connectivity index (χ0) is 17.1. The van der Waals surface area contributed by atoms with Gasteiger partial charge in [-0.05, 0) is 44.9 Å². The van der Waals surface area contributed by atoms with Crippen molar-refractivity contribution in [3.05, 3.63) is 47.4 Å². The molecule has 5 nitrogen and oxygen atoms in total. The fourth-order valence-electron chi connectivity index (χ4n) is 3.19. The third kappa shape index (κ3) is 3.55. The Kier molecular flexibility index (Phi) is 4.79. The van der Waals surface area contributed by atoms with Crippen LogP contribution in [0.15, 0.2) is 34.7 Å². The van der Waals surface area contributed by atoms with Crippen LogP contribution in [0.1, 0.15) is 34.7 Å². The van der Waals surface area contributed by atoms with Gasteiger partial charge < -0.3 is 19.4 Å². The van der Waals surface area contributed by atoms with Crippen LogP contribution in [0.5, 0.6) is 5.75 Å². The van der Waals surface area contributed by atoms with Gasteiger partial charge in [-0.25, -0.2) is 0 Å². The summed E-state index contributed by atoms with van der Waals surface area (Å²) in [6, 6.07) is 10.1. The number of rotatable bonds is 4. The molecule has 3 rings (SSSR count). The van der Waals surface area contributed by atoms with Crippen LogP contribution in [0.25, 0.3) is 0 Å². The zero-order valence-corrected chi connectivity index (χ0v) is 14.5. The number of carbonyl (C=O) groups excluding carboxylic acids is 1. The number of benzene rings is 1. The number of furan rings is 1. The third-order valence-corrected chi connectivity index (χ3v) is 4.49. The van der Waals surface area contributed by atoms with E-state index in [0.717, 1.165) is 43.1 Å². The number of methoxy groups -OCH3 is 1. The van der Waals surface area contributed by atoms with E-state index >= 15 is 0 Å². The molecule has 24 heavy (non-hydrogen) atoms. The molecule has 1 aliphatic heterocycles. The van der Waals surface area contributed by atoms with Gasteiger partial charge in [-0.3, -0.25) is 4.79 Å². The molecule has 1 aromatic carbocycles. The summed E-state index contributed by atoms with van der Waals surface area (Å²) in [6.07, 6.45) is 1.86. The van der Waals surface area contributed by atoms with Gasteiger partial charge in [-0.1, -0.05) is 6.07 Å². The maximum Gasteiger partial charge on any atom is 0.257 e. The lowest BCUT2D eigenvalue weighted by Gasteiger charge is -2.33. The molecule has 2 heterocycles. The average Bonchev–Trinajstić information content (AvgIpc) is 2.93. The highest BCUT2D eigenvalue weighted by molar-refractivity contribution is 5.95. The van der Waals surface area contributed by atoms with Crippen LogP contribution >= 0.6 is 0 Å². The van der Waals surface area contributed by atoms with Crippen molar-refractivity contribution in [2.24, 2.45) is 0 Å². The second-order valence-corrected chi connectivity index (χ2v) is 6.27. The molecule has 5 heteroatoms. The van der Waals surface area contributed by atoms with Crippen LogP contribution in [0.3, 0.4) is 0 Å². The average molecular weight is 328 g/mol. The molecule has 2 aromatic rings. The van der Waals surface area contributed by atoms with Gasteiger partial charge in [-0.15, -0.1) is 0 Å². The van der Waals surface area contributed by atoms with Crippen molar-refractivity contribution in [3.63, 3.8) is 0 Å². The van der Waals surface area contributed by atoms with E-state index in [1.807, 2.05) is 49.1 Å². The molecule has 0 aliphatic carbocycles. The Morgan fingerprint density at radius 1 is 1.25 bits per heavy atom. The number of carbonyl (C=O) groups is 1. The lowest BCUT2D eigenvalue weighted by Crippen LogP contribution is -2.42. The molecule has 0 atom stereocenters. The Morgan fingerprint density at radius 2 is 2.00 bits per heavy atom. The number of nitrogens with one attached hydrogen (secondary N) is 1. The number of amides is 1. The van der Waals surface area contributed by atoms with Gasteiger partial charge in [0.25, 0.3) is 5.91 Å². The van der Waals surface area contributed by atoms with Crippen molar-refractivity contribution < 1.29 is 13.9 Å². The SMILES string of the molecule is COc1cccc(NC2CCN(C(=O)c3cc(C)oc3C)CC2)c1. The van der Waals surface area contributed by atoms with Crippen molar-refractivity contribution in [3.8, 4) is 5.75 Å². The summed E-state index contributed by atoms with van der Waals surface area (Å²) in [4.78, 5) is 14.5. The third-order valence-electron chi connectivity index (χ3n) is 4.49. The maximum absolute atomic E-state index is 12.6. The highest BCUT2D eigenvalue weighted by Gasteiger charge is 2.25. The van der Waals surface area contributed by atoms with Crippen molar-refractivity contribution in [2.75, 3.05) is 25.5 Å². The van der Waals surface area contributed by atoms with Crippen LogP contribution in [0.4, 0.5) is 5.69 Å². The highest BCUT2D eigenvalue weighted by Crippen LogP contribution is 2.23. The van der Waals surface area contributed by atoms with Crippen LogP contribution in [-0.2, 0) is 0 Å². The van der Waals surface area contributed by atoms with E-state index in [4.69, 9.17) is 9.15 Å². The molecule has 0 spiro atoms. The van der Waals surface area contributed by atoms with Crippen molar-refractivity contribution >= 4 is 11.6 Å². The standard InChI is InChI=1S/C19H24N2O3/c1-13-11-18(14(2)24-13)19(22)21-9-7-15(8-10-21)20-16-5-4-6-17(12-16)23-3/h4-6,11-12,15,20H,7-10H2,1-3H3. The summed E-state index contributed by atoms with van der Waals surface area (Å²) in [6.45, 7) is 5.22. The van der Waals surface area contributed by atoms with Crippen molar-refractivity contribution in [2.45, 2.75) is 32.7 Å². The summed E-state index contributed by atoms with van der Waals surface area (Å²) < 4.78 is 10.7. The van der Waals surface area contributed by atoms with Gasteiger partial charge >= 0.3 is 0 Å². The largest absolute Gasteiger partial charge is 0.497 e. The predicted molar refractivity (Wildman–Crippen MR) is 93.7 cm³/mol. The summed E-state index contributed by atoms with van der Waals surface area (Å²) in [7, 11) is 1.67. The molecule has 0 radical (unpaired) electrons. The maximum atomic E-state index is 12.6. The number of piperidine rings is 1. The molecule has 0 saturated carbocycles. The fraction of sp³-hybridized carbons (Fsp3) is 0.421. The van der Waals surface area contributed by atoms with E-state index in [1.165, 1.54) is 0 Å². The molecule has 1 saturated heterocycles. The lowest BCUT2D eigenvalue weighted by atomic mass is 10.0. The summed E-state index contributed by atoms with van der Waals surface area (Å²) in [5, 5.41) is 3.53. The Hall–Kier alpha value is -2.43. The molecule has 0 unspecified atom stereocenters. The first-order chi connectivity index (χ1) is 11.6. The van der Waals surface area contributed by atoms with Crippen LogP contribution < -0.4 is 10.1 Å². The number of ether oxygens (including phenoxy) is 1. The summed E-state index contributed by atoms with van der Waals surface area (Å²) in [5.41, 5.74) is 1.74. The number of hydrogen-bond acceptors (Lipinski definition) is 4. The van der Waals surface area contributed by atoms with E-state index in [9.17, 15) is 4.79 Å². The first-order valence-electron chi connectivity index (χ1n) is 8.33. The second kappa shape index (κ2) is 6.99. The lowest BCUT2D eigenvalue weighted by molar-refractivity contribution is 0.0716. The molecular formula is C19H24N2O3. The smallest absolute Gasteiger partial charge is 0.257 e. The topological polar surface area (TPSA) is 54.7 Å². The molecule has 1 N–H and O–H groups in total. The molecule has 128 valence electrons. The first kappa shape index (κ1) is 16.4. The normalized spacial score (nSPS) is 15.4. The van der Waals surface area contributed by atoms with Crippen molar-refractivity contribution in [1.29, 1.82) is 0 Å². The monoisotopic (exact) mass is 328 g/mol. The van der Waals surface area contributed by atoms with Gasteiger partial charge in [0.05, 0.1) is 12.7 Å². The van der Waals surface area contributed by atoms with Crippen LogP contribution in [0, 0.1) is 13.8 Å². The Bertz CT molecular complexity index is 715. The minimum Gasteiger partial charge on any atom is -0.497 e. The number of aryl methyl sites for hydroxylation is 2. The van der Waals surface area contributed by atoms with Gasteiger partial charge in [-0.2, -0.15) is 0 Å². The number of likely N-dealkylation sites (tertiary alicyclic amines) is 1. The molecular weight excluding hydrogens is 304 g/mol. The number of anilines is 1. The number of nitrogens with zero attached hydrogens (tertiary/aromatic N) is 1. The van der Waals surface area contributed by atoms with E-state index in [-0.39, 0.29) is 5.91 Å². The highest BCUT2D eigenvalue weighted by atomic mass is 16.5. The van der Waals surface area contributed by atoms with E-state index in [0.29, 0.717) is 17.4 Å². The Morgan fingerprint density at radius 3 is 2.62 bits per heavy atom. The Labute approximate surface area is 142 Å². The van der Waals surface area contributed by atoms with E-state index < -0.39 is 0 Å². The van der Waals surface area contributed by atoms with E-state index in [2.05, 4.69) is 5.32 Å². The molecule has 1 fully saturated rings. The minimum atomic E-state index is 0.0733. The second-order valence-electron chi connectivity index (χ2n) is 6.27. The summed E-state index contributed by atoms with van der Waals surface area (Å²) >= 11 is 0. The minimum absolute atomic E-state index is 0.0733. The summed E-state index contributed by atoms with van der Waals surface area (Å²) in [5.74, 6) is 2.40. The van der Waals surface area contributed by atoms with Gasteiger partial charge in [0.1, 0.15) is 17.3 Å². The molecule has 1 aliphatic rings. The van der Waals surface area contributed by atoms with E-state index in [1.54, 1.807) is 7.11 Å². The molecule has 1 amide bonds. The van der Waals surface area contributed by atoms with Crippen molar-refractivity contribution in [1.82, 2.24) is 4.90 Å². The van der Waals surface area contributed by atoms with Gasteiger partial charge in [0.2, 0.25) is 0 Å². The first-order valence-corrected chi connectivity index (χ1v) is 8.33. The van der Waals surface area contributed by atoms with Crippen LogP contribution in [-0.4, -0.2) is 37.0 Å². The van der Waals surface area contributed by atoms with Gasteiger partial charge in [0, 0.05) is 30.9 Å². The predicted octanol–water partition coefficient (Wildman–Crippen LogP) is 3.62. The molecule has 1 aromatic heterocycles. The fourth-order valence-corrected chi connectivity index (χ4v) is 3.19. The zero-order valence-electron chi connectivity index (χ0n) is 14.5. The van der Waals surface area contributed by atoms with Crippen LogP contribution in [0.2, 0.25) is 0 Å². The Balaban J connectivity index is 1.57. The molecule has 0 bridgehead atoms. The quantitative estimate of drug-likeness (QED) is 0.931. The number of hydrogen-bond donors (Lipinski definition) is 1. The van der Waals surface area contributed by atoms with Gasteiger partial charge in [0.15, 0.2) is 0 Å².